The Bertz CT molecular complexity index is 477. The zero-order chi connectivity index (χ0) is 14.6. The van der Waals surface area contributed by atoms with Crippen LogP contribution in [0.4, 0.5) is 0 Å². The summed E-state index contributed by atoms with van der Waals surface area (Å²) in [4.78, 5) is 26.6. The average molecular weight is 268 g/mol. The van der Waals surface area contributed by atoms with Gasteiger partial charge in [0.15, 0.2) is 0 Å². The van der Waals surface area contributed by atoms with E-state index in [0.29, 0.717) is 23.2 Å². The summed E-state index contributed by atoms with van der Waals surface area (Å²) in [5, 5.41) is 0. The number of aryl methyl sites for hydroxylation is 1. The fourth-order valence-corrected chi connectivity index (χ4v) is 1.96. The maximum absolute atomic E-state index is 11.9. The quantitative estimate of drug-likeness (QED) is 0.782. The molecule has 0 spiro atoms. The maximum Gasteiger partial charge on any atom is 0.355 e. The Hall–Kier alpha value is -1.82. The molecule has 1 aromatic heterocycles. The van der Waals surface area contributed by atoms with Gasteiger partial charge in [-0.25, -0.2) is 9.59 Å². The number of hydrogen-bond acceptors (Lipinski definition) is 5. The zero-order valence-electron chi connectivity index (χ0n) is 11.7. The molecule has 1 atom stereocenters. The van der Waals surface area contributed by atoms with Crippen molar-refractivity contribution in [2.24, 2.45) is 5.73 Å². The molecule has 106 valence electrons. The van der Waals surface area contributed by atoms with Gasteiger partial charge in [0, 0.05) is 17.3 Å². The van der Waals surface area contributed by atoms with Crippen molar-refractivity contribution in [2.75, 3.05) is 13.7 Å². The summed E-state index contributed by atoms with van der Waals surface area (Å²) < 4.78 is 9.71. The average Bonchev–Trinajstić information content (AvgIpc) is 2.65. The molecule has 0 aliphatic heterocycles. The number of aromatic amines is 1. The van der Waals surface area contributed by atoms with Crippen molar-refractivity contribution in [3.63, 3.8) is 0 Å². The van der Waals surface area contributed by atoms with Crippen LogP contribution in [0, 0.1) is 6.92 Å². The Kier molecular flexibility index (Phi) is 5.11. The second-order valence-electron chi connectivity index (χ2n) is 4.37. The first-order valence-corrected chi connectivity index (χ1v) is 6.14. The number of esters is 2. The van der Waals surface area contributed by atoms with E-state index in [1.807, 2.05) is 0 Å². The Morgan fingerprint density at radius 2 is 2.00 bits per heavy atom. The van der Waals surface area contributed by atoms with Crippen LogP contribution in [0.2, 0.25) is 0 Å². The monoisotopic (exact) mass is 268 g/mol. The minimum atomic E-state index is -0.489. The molecule has 0 bridgehead atoms. The molecule has 0 aliphatic carbocycles. The summed E-state index contributed by atoms with van der Waals surface area (Å²) in [6, 6.07) is -0.188. The molecule has 0 radical (unpaired) electrons. The topological polar surface area (TPSA) is 94.4 Å². The van der Waals surface area contributed by atoms with Crippen LogP contribution >= 0.6 is 0 Å². The minimum Gasteiger partial charge on any atom is -0.465 e. The van der Waals surface area contributed by atoms with Crippen LogP contribution in [0.15, 0.2) is 0 Å². The lowest BCUT2D eigenvalue weighted by Crippen LogP contribution is -2.21. The highest BCUT2D eigenvalue weighted by atomic mass is 16.5. The largest absolute Gasteiger partial charge is 0.465 e. The number of hydrogen-bond donors (Lipinski definition) is 2. The van der Waals surface area contributed by atoms with E-state index in [2.05, 4.69) is 4.98 Å². The number of carbonyl (C=O) groups is 2. The van der Waals surface area contributed by atoms with E-state index >= 15 is 0 Å². The second kappa shape index (κ2) is 6.38. The Morgan fingerprint density at radius 1 is 1.37 bits per heavy atom. The molecular formula is C13H20N2O4. The van der Waals surface area contributed by atoms with Crippen LogP contribution < -0.4 is 5.73 Å². The number of carbonyl (C=O) groups excluding carboxylic acids is 2. The molecule has 19 heavy (non-hydrogen) atoms. The fourth-order valence-electron chi connectivity index (χ4n) is 1.96. The molecule has 3 N–H and O–H groups in total. The molecule has 0 amide bonds. The normalized spacial score (nSPS) is 12.1. The molecule has 6 nitrogen and oxygen atoms in total. The van der Waals surface area contributed by atoms with Crippen LogP contribution in [-0.2, 0) is 15.9 Å². The number of nitrogens with two attached hydrogens (primary N) is 1. The molecule has 1 aromatic rings. The van der Waals surface area contributed by atoms with Crippen molar-refractivity contribution in [1.29, 1.82) is 0 Å². The Balaban J connectivity index is 3.31. The zero-order valence-corrected chi connectivity index (χ0v) is 11.7. The lowest BCUT2D eigenvalue weighted by Gasteiger charge is -2.09. The SMILES string of the molecule is CCOC(=O)c1[nH]c(C)c(C(=O)OC)c1C[C@H](C)N. The predicted octanol–water partition coefficient (Wildman–Crippen LogP) is 1.18. The minimum absolute atomic E-state index is 0.188. The molecule has 0 saturated carbocycles. The first kappa shape index (κ1) is 15.2. The molecule has 0 unspecified atom stereocenters. The lowest BCUT2D eigenvalue weighted by molar-refractivity contribution is 0.0518. The van der Waals surface area contributed by atoms with Crippen molar-refractivity contribution in [3.8, 4) is 0 Å². The first-order chi connectivity index (χ1) is 8.92. The number of H-pyrrole nitrogens is 1. The van der Waals surface area contributed by atoms with Gasteiger partial charge < -0.3 is 20.2 Å². The van der Waals surface area contributed by atoms with Gasteiger partial charge in [0.2, 0.25) is 0 Å². The van der Waals surface area contributed by atoms with E-state index < -0.39 is 11.9 Å². The van der Waals surface area contributed by atoms with E-state index in [0.717, 1.165) is 0 Å². The molecular weight excluding hydrogens is 248 g/mol. The van der Waals surface area contributed by atoms with Crippen LogP contribution in [0.25, 0.3) is 0 Å². The van der Waals surface area contributed by atoms with Crippen molar-refractivity contribution in [1.82, 2.24) is 4.98 Å². The predicted molar refractivity (Wildman–Crippen MR) is 70.2 cm³/mol. The number of rotatable bonds is 5. The highest BCUT2D eigenvalue weighted by Crippen LogP contribution is 2.22. The Morgan fingerprint density at radius 3 is 2.47 bits per heavy atom. The highest BCUT2D eigenvalue weighted by Gasteiger charge is 2.26. The summed E-state index contributed by atoms with van der Waals surface area (Å²) in [6.07, 6.45) is 0.392. The van der Waals surface area contributed by atoms with E-state index in [9.17, 15) is 9.59 Å². The summed E-state index contributed by atoms with van der Waals surface area (Å²) in [6.45, 7) is 5.50. The first-order valence-electron chi connectivity index (χ1n) is 6.14. The third-order valence-electron chi connectivity index (χ3n) is 2.69. The number of methoxy groups -OCH3 is 1. The van der Waals surface area contributed by atoms with Crippen LogP contribution in [0.5, 0.6) is 0 Å². The van der Waals surface area contributed by atoms with E-state index in [-0.39, 0.29) is 18.3 Å². The third kappa shape index (κ3) is 3.35. The molecule has 0 aromatic carbocycles. The van der Waals surface area contributed by atoms with Gasteiger partial charge >= 0.3 is 11.9 Å². The lowest BCUT2D eigenvalue weighted by atomic mass is 10.0. The van der Waals surface area contributed by atoms with Gasteiger partial charge in [-0.2, -0.15) is 0 Å². The molecule has 0 fully saturated rings. The summed E-state index contributed by atoms with van der Waals surface area (Å²) >= 11 is 0. The standard InChI is InChI=1S/C13H20N2O4/c1-5-19-13(17)11-9(6-7(2)14)10(8(3)15-11)12(16)18-4/h7,15H,5-6,14H2,1-4H3/t7-/m0/s1. The van der Waals surface area contributed by atoms with Crippen molar-refractivity contribution in [3.05, 3.63) is 22.5 Å². The van der Waals surface area contributed by atoms with Gasteiger partial charge in [0.1, 0.15) is 5.69 Å². The number of ether oxygens (including phenoxy) is 2. The van der Waals surface area contributed by atoms with Crippen LogP contribution in [0.3, 0.4) is 0 Å². The van der Waals surface area contributed by atoms with Gasteiger partial charge in [-0.05, 0) is 27.2 Å². The highest BCUT2D eigenvalue weighted by molar-refractivity contribution is 5.98. The van der Waals surface area contributed by atoms with Crippen molar-refractivity contribution < 1.29 is 19.1 Å². The van der Waals surface area contributed by atoms with Crippen LogP contribution in [-0.4, -0.2) is 36.7 Å². The summed E-state index contributed by atoms with van der Waals surface area (Å²) in [5.41, 5.74) is 7.54. The van der Waals surface area contributed by atoms with Crippen molar-refractivity contribution in [2.45, 2.75) is 33.2 Å². The van der Waals surface area contributed by atoms with Gasteiger partial charge in [-0.1, -0.05) is 0 Å². The van der Waals surface area contributed by atoms with E-state index in [1.165, 1.54) is 7.11 Å². The second-order valence-corrected chi connectivity index (χ2v) is 4.37. The van der Waals surface area contributed by atoms with Gasteiger partial charge in [0.05, 0.1) is 19.3 Å². The molecule has 1 rings (SSSR count). The maximum atomic E-state index is 11.9. The molecule has 0 saturated heterocycles. The van der Waals surface area contributed by atoms with Gasteiger partial charge in [0.25, 0.3) is 0 Å². The van der Waals surface area contributed by atoms with Gasteiger partial charge in [-0.3, -0.25) is 0 Å². The van der Waals surface area contributed by atoms with Gasteiger partial charge in [-0.15, -0.1) is 0 Å². The molecule has 1 heterocycles. The van der Waals surface area contributed by atoms with Crippen molar-refractivity contribution >= 4 is 11.9 Å². The molecule has 0 aliphatic rings. The summed E-state index contributed by atoms with van der Waals surface area (Å²) in [5.74, 6) is -0.976. The smallest absolute Gasteiger partial charge is 0.355 e. The van der Waals surface area contributed by atoms with Crippen LogP contribution in [0.1, 0.15) is 46.0 Å². The number of nitrogens with one attached hydrogen (secondary N) is 1. The number of aromatic nitrogens is 1. The Labute approximate surface area is 112 Å². The third-order valence-corrected chi connectivity index (χ3v) is 2.69. The fraction of sp³-hybridized carbons (Fsp3) is 0.538. The summed E-state index contributed by atoms with van der Waals surface area (Å²) in [7, 11) is 1.30. The van der Waals surface area contributed by atoms with E-state index in [4.69, 9.17) is 15.2 Å². The van der Waals surface area contributed by atoms with E-state index in [1.54, 1.807) is 20.8 Å². The molecule has 6 heteroatoms.